The van der Waals surface area contributed by atoms with E-state index in [-0.39, 0.29) is 24.0 Å². The normalized spacial score (nSPS) is 20.0. The highest BCUT2D eigenvalue weighted by molar-refractivity contribution is 6.35. The van der Waals surface area contributed by atoms with Gasteiger partial charge < -0.3 is 14.5 Å². The molecule has 2 fully saturated rings. The van der Waals surface area contributed by atoms with Crippen molar-refractivity contribution < 1.29 is 14.3 Å². The summed E-state index contributed by atoms with van der Waals surface area (Å²) in [6.45, 7) is 7.06. The number of likely N-dealkylation sites (tertiary alicyclic amines) is 1. The molecule has 1 heterocycles. The van der Waals surface area contributed by atoms with Crippen molar-refractivity contribution in [3.63, 3.8) is 0 Å². The van der Waals surface area contributed by atoms with Crippen molar-refractivity contribution in [2.24, 2.45) is 5.92 Å². The third-order valence-corrected chi connectivity index (χ3v) is 5.64. The van der Waals surface area contributed by atoms with Gasteiger partial charge in [0, 0.05) is 35.7 Å². The molecular weight excluding hydrogens is 399 g/mol. The lowest BCUT2D eigenvalue weighted by Crippen LogP contribution is -2.48. The number of carbonyl (C=O) groups excluding carboxylic acids is 2. The van der Waals surface area contributed by atoms with E-state index in [0.717, 1.165) is 31.2 Å². The molecule has 3 rings (SSSR count). The van der Waals surface area contributed by atoms with Gasteiger partial charge in [-0.1, -0.05) is 29.3 Å². The molecule has 0 N–H and O–H groups in total. The Morgan fingerprint density at radius 1 is 1.21 bits per heavy atom. The average Bonchev–Trinajstić information content (AvgIpc) is 3.44. The molecule has 2 amide bonds. The first kappa shape index (κ1) is 21.3. The van der Waals surface area contributed by atoms with Crippen molar-refractivity contribution in [1.29, 1.82) is 0 Å². The summed E-state index contributed by atoms with van der Waals surface area (Å²) in [5.41, 5.74) is 0.352. The number of halogens is 2. The van der Waals surface area contributed by atoms with Gasteiger partial charge in [-0.05, 0) is 64.2 Å². The van der Waals surface area contributed by atoms with Crippen LogP contribution in [0.3, 0.4) is 0 Å². The van der Waals surface area contributed by atoms with Gasteiger partial charge in [-0.15, -0.1) is 0 Å². The van der Waals surface area contributed by atoms with Crippen LogP contribution in [0.15, 0.2) is 18.2 Å². The quantitative estimate of drug-likeness (QED) is 0.669. The Balaban J connectivity index is 1.68. The van der Waals surface area contributed by atoms with E-state index in [9.17, 15) is 9.59 Å². The molecule has 1 aliphatic carbocycles. The molecule has 1 unspecified atom stereocenters. The summed E-state index contributed by atoms with van der Waals surface area (Å²) in [7, 11) is 0. The molecule has 5 nitrogen and oxygen atoms in total. The number of benzene rings is 1. The Hall–Kier alpha value is -1.46. The third-order valence-electron chi connectivity index (χ3n) is 5.05. The van der Waals surface area contributed by atoms with Crippen molar-refractivity contribution >= 4 is 35.2 Å². The second kappa shape index (κ2) is 8.50. The summed E-state index contributed by atoms with van der Waals surface area (Å²) in [6.07, 6.45) is 3.27. The topological polar surface area (TPSA) is 49.9 Å². The number of nitrogens with zero attached hydrogens (tertiary/aromatic N) is 2. The van der Waals surface area contributed by atoms with Gasteiger partial charge in [0.1, 0.15) is 5.60 Å². The first-order chi connectivity index (χ1) is 13.1. The number of rotatable bonds is 4. The van der Waals surface area contributed by atoms with E-state index in [1.165, 1.54) is 0 Å². The molecule has 28 heavy (non-hydrogen) atoms. The van der Waals surface area contributed by atoms with Gasteiger partial charge in [0.15, 0.2) is 0 Å². The Morgan fingerprint density at radius 2 is 1.93 bits per heavy atom. The third kappa shape index (κ3) is 5.54. The van der Waals surface area contributed by atoms with Crippen LogP contribution in [0.1, 0.15) is 52.0 Å². The standard InChI is InChI=1S/C21H28Cl2N2O3/c1-21(2,3)28-20(27)24-10-4-5-15(12-24)19(26)25(17-8-9-17)13-14-6-7-16(22)11-18(14)23/h6-7,11,15,17H,4-5,8-10,12-13H2,1-3H3. The SMILES string of the molecule is CC(C)(C)OC(=O)N1CCCC(C(=O)N(Cc2ccc(Cl)cc2Cl)C2CC2)C1. The first-order valence-corrected chi connectivity index (χ1v) is 10.6. The van der Waals surface area contributed by atoms with Gasteiger partial charge in [0.05, 0.1) is 5.92 Å². The molecule has 0 spiro atoms. The van der Waals surface area contributed by atoms with Crippen LogP contribution in [-0.2, 0) is 16.1 Å². The van der Waals surface area contributed by atoms with Crippen LogP contribution >= 0.6 is 23.2 Å². The van der Waals surface area contributed by atoms with Crippen LogP contribution in [0, 0.1) is 5.92 Å². The number of piperidine rings is 1. The highest BCUT2D eigenvalue weighted by Crippen LogP contribution is 2.33. The van der Waals surface area contributed by atoms with Gasteiger partial charge in [-0.3, -0.25) is 4.79 Å². The highest BCUT2D eigenvalue weighted by Gasteiger charge is 2.38. The summed E-state index contributed by atoms with van der Waals surface area (Å²) in [5.74, 6) is -0.102. The number of carbonyl (C=O) groups is 2. The van der Waals surface area contributed by atoms with Crippen LogP contribution in [0.25, 0.3) is 0 Å². The minimum Gasteiger partial charge on any atom is -0.444 e. The maximum absolute atomic E-state index is 13.3. The van der Waals surface area contributed by atoms with Gasteiger partial charge in [-0.25, -0.2) is 4.79 Å². The van der Waals surface area contributed by atoms with E-state index in [1.807, 2.05) is 31.7 Å². The molecule has 1 saturated carbocycles. The molecule has 1 aromatic rings. The van der Waals surface area contributed by atoms with E-state index in [2.05, 4.69) is 0 Å². The van der Waals surface area contributed by atoms with Crippen LogP contribution in [0.4, 0.5) is 4.79 Å². The maximum Gasteiger partial charge on any atom is 0.410 e. The molecule has 1 atom stereocenters. The molecule has 154 valence electrons. The molecule has 1 aliphatic heterocycles. The molecule has 1 saturated heterocycles. The van der Waals surface area contributed by atoms with E-state index >= 15 is 0 Å². The second-order valence-corrected chi connectivity index (χ2v) is 9.54. The minimum absolute atomic E-state index is 0.0989. The Labute approximate surface area is 176 Å². The van der Waals surface area contributed by atoms with Crippen molar-refractivity contribution in [3.8, 4) is 0 Å². The zero-order chi connectivity index (χ0) is 20.5. The van der Waals surface area contributed by atoms with Crippen molar-refractivity contribution in [2.45, 2.75) is 64.6 Å². The Morgan fingerprint density at radius 3 is 2.54 bits per heavy atom. The van der Waals surface area contributed by atoms with Crippen LogP contribution in [-0.4, -0.2) is 46.5 Å². The Bertz CT molecular complexity index is 744. The zero-order valence-electron chi connectivity index (χ0n) is 16.7. The monoisotopic (exact) mass is 426 g/mol. The lowest BCUT2D eigenvalue weighted by Gasteiger charge is -2.36. The van der Waals surface area contributed by atoms with Crippen molar-refractivity contribution in [2.75, 3.05) is 13.1 Å². The van der Waals surface area contributed by atoms with Crippen LogP contribution in [0.5, 0.6) is 0 Å². The fourth-order valence-corrected chi connectivity index (χ4v) is 3.98. The molecular formula is C21H28Cl2N2O3. The lowest BCUT2D eigenvalue weighted by atomic mass is 9.96. The highest BCUT2D eigenvalue weighted by atomic mass is 35.5. The molecule has 0 radical (unpaired) electrons. The fourth-order valence-electron chi connectivity index (χ4n) is 3.51. The number of hydrogen-bond donors (Lipinski definition) is 0. The summed E-state index contributed by atoms with van der Waals surface area (Å²) < 4.78 is 5.48. The lowest BCUT2D eigenvalue weighted by molar-refractivity contribution is -0.138. The maximum atomic E-state index is 13.3. The van der Waals surface area contributed by atoms with Crippen LogP contribution in [0.2, 0.25) is 10.0 Å². The minimum atomic E-state index is -0.542. The summed E-state index contributed by atoms with van der Waals surface area (Å²) in [5, 5.41) is 1.16. The van der Waals surface area contributed by atoms with Crippen molar-refractivity contribution in [3.05, 3.63) is 33.8 Å². The smallest absolute Gasteiger partial charge is 0.410 e. The van der Waals surface area contributed by atoms with Gasteiger partial charge in [0.2, 0.25) is 5.91 Å². The van der Waals surface area contributed by atoms with Gasteiger partial charge in [-0.2, -0.15) is 0 Å². The largest absolute Gasteiger partial charge is 0.444 e. The molecule has 0 bridgehead atoms. The Kier molecular flexibility index (Phi) is 6.45. The summed E-state index contributed by atoms with van der Waals surface area (Å²) >= 11 is 12.3. The fraction of sp³-hybridized carbons (Fsp3) is 0.619. The van der Waals surface area contributed by atoms with E-state index in [1.54, 1.807) is 17.0 Å². The predicted molar refractivity (Wildman–Crippen MR) is 111 cm³/mol. The molecule has 0 aromatic heterocycles. The second-order valence-electron chi connectivity index (χ2n) is 8.70. The molecule has 2 aliphatic rings. The number of hydrogen-bond acceptors (Lipinski definition) is 3. The van der Waals surface area contributed by atoms with Gasteiger partial charge >= 0.3 is 6.09 Å². The van der Waals surface area contributed by atoms with Crippen molar-refractivity contribution in [1.82, 2.24) is 9.80 Å². The number of ether oxygens (including phenoxy) is 1. The number of amides is 2. The first-order valence-electron chi connectivity index (χ1n) is 9.86. The van der Waals surface area contributed by atoms with E-state index in [4.69, 9.17) is 27.9 Å². The van der Waals surface area contributed by atoms with Gasteiger partial charge in [0.25, 0.3) is 0 Å². The van der Waals surface area contributed by atoms with E-state index in [0.29, 0.717) is 29.7 Å². The molecule has 7 heteroatoms. The summed E-state index contributed by atoms with van der Waals surface area (Å²) in [6, 6.07) is 5.64. The zero-order valence-corrected chi connectivity index (χ0v) is 18.2. The molecule has 1 aromatic carbocycles. The summed E-state index contributed by atoms with van der Waals surface area (Å²) in [4.78, 5) is 29.3. The van der Waals surface area contributed by atoms with Crippen LogP contribution < -0.4 is 0 Å². The predicted octanol–water partition coefficient (Wildman–Crippen LogP) is 5.13. The van der Waals surface area contributed by atoms with E-state index < -0.39 is 5.60 Å². The average molecular weight is 427 g/mol.